The summed E-state index contributed by atoms with van der Waals surface area (Å²) in [5.41, 5.74) is 0. The first-order valence-electron chi connectivity index (χ1n) is 9.95. The molecule has 0 aromatic rings. The maximum atomic E-state index is 6.12. The van der Waals surface area contributed by atoms with Crippen molar-refractivity contribution >= 4 is 11.6 Å². The van der Waals surface area contributed by atoms with E-state index >= 15 is 0 Å². The number of halogens is 1. The van der Waals surface area contributed by atoms with E-state index < -0.39 is 0 Å². The SMILES string of the molecule is CCCCCCCCCCCCCCCCCC(Cl)CC. The van der Waals surface area contributed by atoms with E-state index in [0.29, 0.717) is 5.38 Å². The monoisotopic (exact) mass is 316 g/mol. The molecule has 0 saturated carbocycles. The molecule has 0 bridgehead atoms. The Morgan fingerprint density at radius 3 is 1.19 bits per heavy atom. The number of hydrogen-bond donors (Lipinski definition) is 0. The predicted molar refractivity (Wildman–Crippen MR) is 99.5 cm³/mol. The predicted octanol–water partition coefficient (Wildman–Crippen LogP) is 8.27. The van der Waals surface area contributed by atoms with E-state index in [1.807, 2.05) is 0 Å². The average Bonchev–Trinajstić information content (AvgIpc) is 2.50. The molecule has 0 fully saturated rings. The van der Waals surface area contributed by atoms with Crippen LogP contribution in [0.15, 0.2) is 0 Å². The third-order valence-electron chi connectivity index (χ3n) is 4.56. The highest BCUT2D eigenvalue weighted by atomic mass is 35.5. The maximum absolute atomic E-state index is 6.12. The Balaban J connectivity index is 2.96. The summed E-state index contributed by atoms with van der Waals surface area (Å²) in [6.07, 6.45) is 23.9. The summed E-state index contributed by atoms with van der Waals surface area (Å²) in [5, 5.41) is 0.423. The summed E-state index contributed by atoms with van der Waals surface area (Å²) in [5.74, 6) is 0. The summed E-state index contributed by atoms with van der Waals surface area (Å²) in [6, 6.07) is 0. The van der Waals surface area contributed by atoms with Gasteiger partial charge < -0.3 is 0 Å². The second-order valence-electron chi connectivity index (χ2n) is 6.74. The van der Waals surface area contributed by atoms with E-state index in [1.54, 1.807) is 0 Å². The quantitative estimate of drug-likeness (QED) is 0.187. The number of unbranched alkanes of at least 4 members (excludes halogenated alkanes) is 14. The fraction of sp³-hybridized carbons (Fsp3) is 1.00. The Morgan fingerprint density at radius 1 is 0.524 bits per heavy atom. The lowest BCUT2D eigenvalue weighted by Crippen LogP contribution is -1.95. The third kappa shape index (κ3) is 18.2. The minimum absolute atomic E-state index is 0.423. The molecule has 0 aliphatic rings. The first kappa shape index (κ1) is 21.3. The standard InChI is InChI=1S/C20H41Cl/c1-3-5-6-7-8-9-10-11-12-13-14-15-16-17-18-19-20(21)4-2/h20H,3-19H2,1-2H3. The molecule has 0 radical (unpaired) electrons. The number of hydrogen-bond acceptors (Lipinski definition) is 0. The van der Waals surface area contributed by atoms with Gasteiger partial charge in [-0.3, -0.25) is 0 Å². The highest BCUT2D eigenvalue weighted by molar-refractivity contribution is 6.20. The van der Waals surface area contributed by atoms with Crippen LogP contribution in [0.1, 0.15) is 123 Å². The fourth-order valence-corrected chi connectivity index (χ4v) is 3.10. The van der Waals surface area contributed by atoms with Gasteiger partial charge in [0.15, 0.2) is 0 Å². The van der Waals surface area contributed by atoms with Crippen LogP contribution in [-0.2, 0) is 0 Å². The lowest BCUT2D eigenvalue weighted by atomic mass is 10.0. The van der Waals surface area contributed by atoms with Gasteiger partial charge >= 0.3 is 0 Å². The third-order valence-corrected chi connectivity index (χ3v) is 5.09. The molecule has 1 unspecified atom stereocenters. The van der Waals surface area contributed by atoms with Crippen LogP contribution in [0.2, 0.25) is 0 Å². The second-order valence-corrected chi connectivity index (χ2v) is 7.36. The minimum atomic E-state index is 0.423. The molecule has 128 valence electrons. The van der Waals surface area contributed by atoms with Gasteiger partial charge in [-0.25, -0.2) is 0 Å². The molecular weight excluding hydrogens is 276 g/mol. The number of alkyl halides is 1. The van der Waals surface area contributed by atoms with Crippen molar-refractivity contribution in [3.8, 4) is 0 Å². The summed E-state index contributed by atoms with van der Waals surface area (Å²) in [7, 11) is 0. The van der Waals surface area contributed by atoms with E-state index in [-0.39, 0.29) is 0 Å². The van der Waals surface area contributed by atoms with Crippen LogP contribution in [0.3, 0.4) is 0 Å². The van der Waals surface area contributed by atoms with Crippen molar-refractivity contribution in [2.24, 2.45) is 0 Å². The Labute approximate surface area is 140 Å². The fourth-order valence-electron chi connectivity index (χ4n) is 2.94. The van der Waals surface area contributed by atoms with Gasteiger partial charge in [-0.1, -0.05) is 110 Å². The molecule has 0 aromatic heterocycles. The van der Waals surface area contributed by atoms with Crippen molar-refractivity contribution in [3.05, 3.63) is 0 Å². The number of rotatable bonds is 17. The Kier molecular flexibility index (Phi) is 18.6. The first-order chi connectivity index (χ1) is 10.3. The van der Waals surface area contributed by atoms with Gasteiger partial charge in [0, 0.05) is 5.38 Å². The van der Waals surface area contributed by atoms with Crippen molar-refractivity contribution in [3.63, 3.8) is 0 Å². The zero-order valence-electron chi connectivity index (χ0n) is 15.0. The van der Waals surface area contributed by atoms with Gasteiger partial charge in [-0.05, 0) is 12.8 Å². The van der Waals surface area contributed by atoms with Crippen LogP contribution >= 0.6 is 11.6 Å². The highest BCUT2D eigenvalue weighted by Gasteiger charge is 2.00. The molecule has 0 nitrogen and oxygen atoms in total. The average molecular weight is 317 g/mol. The molecule has 21 heavy (non-hydrogen) atoms. The van der Waals surface area contributed by atoms with Crippen molar-refractivity contribution in [2.75, 3.05) is 0 Å². The molecule has 1 heteroatoms. The van der Waals surface area contributed by atoms with E-state index in [4.69, 9.17) is 11.6 Å². The van der Waals surface area contributed by atoms with Crippen molar-refractivity contribution in [1.29, 1.82) is 0 Å². The maximum Gasteiger partial charge on any atom is 0.0333 e. The molecule has 0 amide bonds. The van der Waals surface area contributed by atoms with Crippen LogP contribution in [0.4, 0.5) is 0 Å². The van der Waals surface area contributed by atoms with Crippen molar-refractivity contribution in [2.45, 2.75) is 128 Å². The van der Waals surface area contributed by atoms with Gasteiger partial charge in [-0.2, -0.15) is 0 Å². The molecule has 0 N–H and O–H groups in total. The molecule has 1 atom stereocenters. The van der Waals surface area contributed by atoms with E-state index in [1.165, 1.54) is 103 Å². The van der Waals surface area contributed by atoms with Crippen molar-refractivity contribution in [1.82, 2.24) is 0 Å². The minimum Gasteiger partial charge on any atom is -0.123 e. The van der Waals surface area contributed by atoms with Crippen LogP contribution in [0.5, 0.6) is 0 Å². The van der Waals surface area contributed by atoms with Crippen LogP contribution in [0, 0.1) is 0 Å². The lowest BCUT2D eigenvalue weighted by molar-refractivity contribution is 0.527. The zero-order chi connectivity index (χ0) is 15.6. The Hall–Kier alpha value is 0.290. The van der Waals surface area contributed by atoms with Gasteiger partial charge in [0.2, 0.25) is 0 Å². The van der Waals surface area contributed by atoms with Crippen LogP contribution in [0.25, 0.3) is 0 Å². The summed E-state index contributed by atoms with van der Waals surface area (Å²) < 4.78 is 0. The van der Waals surface area contributed by atoms with Crippen LogP contribution in [-0.4, -0.2) is 5.38 Å². The summed E-state index contributed by atoms with van der Waals surface area (Å²) in [4.78, 5) is 0. The molecule has 0 aromatic carbocycles. The van der Waals surface area contributed by atoms with Crippen molar-refractivity contribution < 1.29 is 0 Å². The van der Waals surface area contributed by atoms with E-state index in [0.717, 1.165) is 6.42 Å². The smallest absolute Gasteiger partial charge is 0.0333 e. The van der Waals surface area contributed by atoms with E-state index in [2.05, 4.69) is 13.8 Å². The largest absolute Gasteiger partial charge is 0.123 e. The summed E-state index contributed by atoms with van der Waals surface area (Å²) >= 11 is 6.12. The molecule has 0 rings (SSSR count). The molecule has 0 spiro atoms. The second kappa shape index (κ2) is 18.3. The normalized spacial score (nSPS) is 12.7. The first-order valence-corrected chi connectivity index (χ1v) is 10.4. The summed E-state index contributed by atoms with van der Waals surface area (Å²) in [6.45, 7) is 4.47. The molecule has 0 aliphatic carbocycles. The molecule has 0 saturated heterocycles. The highest BCUT2D eigenvalue weighted by Crippen LogP contribution is 2.15. The van der Waals surface area contributed by atoms with Gasteiger partial charge in [-0.15, -0.1) is 11.6 Å². The van der Waals surface area contributed by atoms with Gasteiger partial charge in [0.1, 0.15) is 0 Å². The van der Waals surface area contributed by atoms with E-state index in [9.17, 15) is 0 Å². The molecule has 0 heterocycles. The van der Waals surface area contributed by atoms with Gasteiger partial charge in [0.05, 0.1) is 0 Å². The van der Waals surface area contributed by atoms with Crippen LogP contribution < -0.4 is 0 Å². The Bertz CT molecular complexity index is 179. The topological polar surface area (TPSA) is 0 Å². The molecular formula is C20H41Cl. The van der Waals surface area contributed by atoms with Gasteiger partial charge in [0.25, 0.3) is 0 Å². The zero-order valence-corrected chi connectivity index (χ0v) is 15.7. The lowest BCUT2D eigenvalue weighted by Gasteiger charge is -2.06. The Morgan fingerprint density at radius 2 is 0.857 bits per heavy atom. The molecule has 0 aliphatic heterocycles.